The van der Waals surface area contributed by atoms with Gasteiger partial charge in [0.05, 0.1) is 0 Å². The summed E-state index contributed by atoms with van der Waals surface area (Å²) in [5.41, 5.74) is 4.37. The molecule has 2 rings (SSSR count). The third-order valence-corrected chi connectivity index (χ3v) is 3.74. The Kier molecular flexibility index (Phi) is 5.65. The van der Waals surface area contributed by atoms with E-state index < -0.39 is 0 Å². The Morgan fingerprint density at radius 3 is 2.83 bits per heavy atom. The van der Waals surface area contributed by atoms with E-state index in [-0.39, 0.29) is 0 Å². The highest BCUT2D eigenvalue weighted by atomic mass is 16.5. The average molecular weight is 248 g/mol. The van der Waals surface area contributed by atoms with E-state index in [9.17, 15) is 0 Å². The van der Waals surface area contributed by atoms with Crippen molar-refractivity contribution in [2.45, 2.75) is 38.1 Å². The van der Waals surface area contributed by atoms with Crippen LogP contribution in [0.3, 0.4) is 0 Å². The van der Waals surface area contributed by atoms with Gasteiger partial charge in [-0.3, -0.25) is 11.3 Å². The third kappa shape index (κ3) is 4.41. The van der Waals surface area contributed by atoms with E-state index >= 15 is 0 Å². The molecule has 1 aliphatic rings. The molecule has 3 heteroatoms. The number of rotatable bonds is 7. The van der Waals surface area contributed by atoms with Crippen molar-refractivity contribution in [3.05, 3.63) is 35.9 Å². The molecular weight excluding hydrogens is 224 g/mol. The molecule has 18 heavy (non-hydrogen) atoms. The van der Waals surface area contributed by atoms with Crippen LogP contribution >= 0.6 is 0 Å². The first-order valence-electron chi connectivity index (χ1n) is 6.96. The van der Waals surface area contributed by atoms with Crippen LogP contribution < -0.4 is 11.3 Å². The predicted octanol–water partition coefficient (Wildman–Crippen LogP) is 2.27. The van der Waals surface area contributed by atoms with Crippen molar-refractivity contribution in [1.82, 2.24) is 5.43 Å². The first-order chi connectivity index (χ1) is 8.88. The highest BCUT2D eigenvalue weighted by molar-refractivity contribution is 5.14. The standard InChI is InChI=1S/C15H24N2O/c16-17-15(11-14-9-10-18-12-14)8-4-7-13-5-2-1-3-6-13/h1-3,5-6,14-15,17H,4,7-12,16H2. The number of hydrogen-bond acceptors (Lipinski definition) is 3. The Morgan fingerprint density at radius 2 is 2.17 bits per heavy atom. The lowest BCUT2D eigenvalue weighted by atomic mass is 9.95. The van der Waals surface area contributed by atoms with Crippen molar-refractivity contribution < 1.29 is 4.74 Å². The van der Waals surface area contributed by atoms with Crippen LogP contribution in [0.4, 0.5) is 0 Å². The van der Waals surface area contributed by atoms with Crippen LogP contribution in [-0.2, 0) is 11.2 Å². The lowest BCUT2D eigenvalue weighted by Crippen LogP contribution is -2.36. The van der Waals surface area contributed by atoms with Gasteiger partial charge in [-0.2, -0.15) is 0 Å². The second-order valence-electron chi connectivity index (χ2n) is 5.21. The number of benzene rings is 1. The normalized spacial score (nSPS) is 21.1. The van der Waals surface area contributed by atoms with Gasteiger partial charge in [0.2, 0.25) is 0 Å². The summed E-state index contributed by atoms with van der Waals surface area (Å²) >= 11 is 0. The fourth-order valence-corrected chi connectivity index (χ4v) is 2.64. The number of aryl methyl sites for hydroxylation is 1. The number of ether oxygens (including phenoxy) is 1. The van der Waals surface area contributed by atoms with Crippen LogP contribution in [0.25, 0.3) is 0 Å². The Bertz CT molecular complexity index is 323. The lowest BCUT2D eigenvalue weighted by Gasteiger charge is -2.18. The molecule has 3 nitrogen and oxygen atoms in total. The van der Waals surface area contributed by atoms with Gasteiger partial charge >= 0.3 is 0 Å². The molecule has 0 aromatic heterocycles. The maximum absolute atomic E-state index is 5.64. The summed E-state index contributed by atoms with van der Waals surface area (Å²) in [6.07, 6.45) is 5.80. The average Bonchev–Trinajstić information content (AvgIpc) is 2.92. The van der Waals surface area contributed by atoms with Crippen LogP contribution in [0.15, 0.2) is 30.3 Å². The van der Waals surface area contributed by atoms with Crippen LogP contribution in [0.5, 0.6) is 0 Å². The zero-order valence-electron chi connectivity index (χ0n) is 11.0. The summed E-state index contributed by atoms with van der Waals surface area (Å²) < 4.78 is 5.41. The quantitative estimate of drug-likeness (QED) is 0.575. The smallest absolute Gasteiger partial charge is 0.0495 e. The Hall–Kier alpha value is -0.900. The monoisotopic (exact) mass is 248 g/mol. The van der Waals surface area contributed by atoms with Gasteiger partial charge in [-0.15, -0.1) is 0 Å². The molecule has 0 radical (unpaired) electrons. The zero-order chi connectivity index (χ0) is 12.6. The van der Waals surface area contributed by atoms with Crippen molar-refractivity contribution in [3.63, 3.8) is 0 Å². The molecule has 1 aromatic rings. The number of nitrogens with two attached hydrogens (primary N) is 1. The maximum Gasteiger partial charge on any atom is 0.0495 e. The first kappa shape index (κ1) is 13.5. The molecule has 0 saturated carbocycles. The minimum Gasteiger partial charge on any atom is -0.381 e. The Morgan fingerprint density at radius 1 is 1.33 bits per heavy atom. The Balaban J connectivity index is 1.67. The van der Waals surface area contributed by atoms with Gasteiger partial charge < -0.3 is 4.74 Å². The van der Waals surface area contributed by atoms with E-state index in [0.29, 0.717) is 12.0 Å². The van der Waals surface area contributed by atoms with Crippen molar-refractivity contribution in [2.75, 3.05) is 13.2 Å². The van der Waals surface area contributed by atoms with Gasteiger partial charge in [-0.05, 0) is 43.6 Å². The molecule has 1 fully saturated rings. The lowest BCUT2D eigenvalue weighted by molar-refractivity contribution is 0.180. The molecule has 1 saturated heterocycles. The number of hydrogen-bond donors (Lipinski definition) is 2. The maximum atomic E-state index is 5.64. The molecule has 0 bridgehead atoms. The fourth-order valence-electron chi connectivity index (χ4n) is 2.64. The topological polar surface area (TPSA) is 47.3 Å². The molecule has 1 aliphatic heterocycles. The van der Waals surface area contributed by atoms with Gasteiger partial charge in [0, 0.05) is 19.3 Å². The highest BCUT2D eigenvalue weighted by Crippen LogP contribution is 2.20. The van der Waals surface area contributed by atoms with Gasteiger partial charge in [-0.1, -0.05) is 30.3 Å². The van der Waals surface area contributed by atoms with Crippen LogP contribution in [-0.4, -0.2) is 19.3 Å². The van der Waals surface area contributed by atoms with E-state index in [1.54, 1.807) is 0 Å². The van der Waals surface area contributed by atoms with E-state index in [2.05, 4.69) is 35.8 Å². The molecule has 1 heterocycles. The summed E-state index contributed by atoms with van der Waals surface area (Å²) in [7, 11) is 0. The van der Waals surface area contributed by atoms with E-state index in [4.69, 9.17) is 10.6 Å². The molecule has 100 valence electrons. The summed E-state index contributed by atoms with van der Waals surface area (Å²) in [4.78, 5) is 0. The molecule has 0 amide bonds. The van der Waals surface area contributed by atoms with Crippen molar-refractivity contribution in [3.8, 4) is 0 Å². The predicted molar refractivity (Wildman–Crippen MR) is 74.0 cm³/mol. The van der Waals surface area contributed by atoms with E-state index in [0.717, 1.165) is 32.5 Å². The molecule has 0 aliphatic carbocycles. The second-order valence-corrected chi connectivity index (χ2v) is 5.21. The minimum atomic E-state index is 0.431. The fraction of sp³-hybridized carbons (Fsp3) is 0.600. The third-order valence-electron chi connectivity index (χ3n) is 3.74. The van der Waals surface area contributed by atoms with Gasteiger partial charge in [0.1, 0.15) is 0 Å². The summed E-state index contributed by atoms with van der Waals surface area (Å²) in [6, 6.07) is 11.1. The molecule has 2 atom stereocenters. The van der Waals surface area contributed by atoms with Crippen molar-refractivity contribution in [1.29, 1.82) is 0 Å². The molecule has 3 N–H and O–H groups in total. The summed E-state index contributed by atoms with van der Waals surface area (Å²) in [6.45, 7) is 1.84. The second kappa shape index (κ2) is 7.52. The summed E-state index contributed by atoms with van der Waals surface area (Å²) in [5.74, 6) is 6.34. The largest absolute Gasteiger partial charge is 0.381 e. The zero-order valence-corrected chi connectivity index (χ0v) is 11.0. The van der Waals surface area contributed by atoms with Gasteiger partial charge in [0.25, 0.3) is 0 Å². The minimum absolute atomic E-state index is 0.431. The molecule has 0 spiro atoms. The van der Waals surface area contributed by atoms with Crippen molar-refractivity contribution >= 4 is 0 Å². The Labute approximate surface area is 110 Å². The summed E-state index contributed by atoms with van der Waals surface area (Å²) in [5, 5.41) is 0. The number of hydrazine groups is 1. The van der Waals surface area contributed by atoms with Crippen LogP contribution in [0.1, 0.15) is 31.2 Å². The molecule has 1 aromatic carbocycles. The van der Waals surface area contributed by atoms with E-state index in [1.165, 1.54) is 18.4 Å². The SMILES string of the molecule is NNC(CCCc1ccccc1)CC1CCOC1. The van der Waals surface area contributed by atoms with Crippen molar-refractivity contribution in [2.24, 2.45) is 11.8 Å². The molecule has 2 unspecified atom stereocenters. The van der Waals surface area contributed by atoms with Gasteiger partial charge in [-0.25, -0.2) is 0 Å². The van der Waals surface area contributed by atoms with Gasteiger partial charge in [0.15, 0.2) is 0 Å². The van der Waals surface area contributed by atoms with E-state index in [1.807, 2.05) is 0 Å². The molecular formula is C15H24N2O. The highest BCUT2D eigenvalue weighted by Gasteiger charge is 2.19. The first-order valence-corrected chi connectivity index (χ1v) is 6.96. The number of nitrogens with one attached hydrogen (secondary N) is 1. The van der Waals surface area contributed by atoms with Crippen LogP contribution in [0, 0.1) is 5.92 Å². The van der Waals surface area contributed by atoms with Crippen LogP contribution in [0.2, 0.25) is 0 Å².